The van der Waals surface area contributed by atoms with Gasteiger partial charge in [-0.3, -0.25) is 9.59 Å². The Hall–Kier alpha value is -0.330. The molecule has 2 aromatic rings. The van der Waals surface area contributed by atoms with Crippen molar-refractivity contribution in [1.29, 1.82) is 0 Å². The number of aromatic nitrogens is 1. The zero-order valence-electron chi connectivity index (χ0n) is 9.99. The van der Waals surface area contributed by atoms with Crippen LogP contribution in [0.25, 0.3) is 0 Å². The first kappa shape index (κ1) is 16.0. The third kappa shape index (κ3) is 3.28. The molecule has 8 heteroatoms. The molecule has 0 fully saturated rings. The summed E-state index contributed by atoms with van der Waals surface area (Å²) in [4.78, 5) is 24.8. The second-order valence-electron chi connectivity index (χ2n) is 3.98. The predicted octanol–water partition coefficient (Wildman–Crippen LogP) is 4.63. The molecular formula is C12H7BrCl3NO2S. The van der Waals surface area contributed by atoms with E-state index in [1.165, 1.54) is 22.0 Å². The first-order valence-corrected chi connectivity index (χ1v) is 8.02. The fourth-order valence-corrected chi connectivity index (χ4v) is 3.28. The molecule has 0 aromatic carbocycles. The lowest BCUT2D eigenvalue weighted by atomic mass is 10.1. The Morgan fingerprint density at radius 1 is 1.30 bits per heavy atom. The van der Waals surface area contributed by atoms with Crippen LogP contribution < -0.4 is 0 Å². The van der Waals surface area contributed by atoms with Crippen LogP contribution in [0, 0.1) is 0 Å². The molecule has 0 N–H and O–H groups in total. The third-order valence-corrected chi connectivity index (χ3v) is 4.69. The Morgan fingerprint density at radius 2 is 1.95 bits per heavy atom. The van der Waals surface area contributed by atoms with Crippen molar-refractivity contribution in [2.75, 3.05) is 0 Å². The number of aryl methyl sites for hydroxylation is 1. The number of rotatable bonds is 3. The highest BCUT2D eigenvalue weighted by Gasteiger charge is 2.34. The quantitative estimate of drug-likeness (QED) is 0.541. The van der Waals surface area contributed by atoms with Crippen LogP contribution in [-0.2, 0) is 7.05 Å². The number of Topliss-reactive ketones (excluding diaryl/α,β-unsaturated/α-hetero) is 1. The van der Waals surface area contributed by atoms with Crippen LogP contribution in [-0.4, -0.2) is 19.9 Å². The Labute approximate surface area is 142 Å². The van der Waals surface area contributed by atoms with E-state index in [-0.39, 0.29) is 11.5 Å². The summed E-state index contributed by atoms with van der Waals surface area (Å²) in [6.07, 6.45) is 1.54. The zero-order chi connectivity index (χ0) is 15.1. The van der Waals surface area contributed by atoms with E-state index in [1.807, 2.05) is 0 Å². The van der Waals surface area contributed by atoms with Gasteiger partial charge in [0.2, 0.25) is 11.6 Å². The fraction of sp³-hybridized carbons (Fsp3) is 0.167. The van der Waals surface area contributed by atoms with Crippen molar-refractivity contribution in [1.82, 2.24) is 4.57 Å². The zero-order valence-corrected chi connectivity index (χ0v) is 14.7. The maximum absolute atomic E-state index is 12.3. The van der Waals surface area contributed by atoms with E-state index >= 15 is 0 Å². The fourth-order valence-electron chi connectivity index (χ4n) is 1.64. The molecule has 20 heavy (non-hydrogen) atoms. The van der Waals surface area contributed by atoms with Crippen LogP contribution in [0.2, 0.25) is 0 Å². The van der Waals surface area contributed by atoms with Gasteiger partial charge in [-0.15, -0.1) is 11.3 Å². The molecule has 106 valence electrons. The Morgan fingerprint density at radius 3 is 2.45 bits per heavy atom. The number of hydrogen-bond donors (Lipinski definition) is 0. The third-order valence-electron chi connectivity index (χ3n) is 2.55. The average Bonchev–Trinajstić information content (AvgIpc) is 2.92. The molecule has 0 aliphatic carbocycles. The van der Waals surface area contributed by atoms with Crippen LogP contribution in [0.15, 0.2) is 28.2 Å². The summed E-state index contributed by atoms with van der Waals surface area (Å²) in [6, 6.07) is 4.93. The van der Waals surface area contributed by atoms with Gasteiger partial charge in [-0.1, -0.05) is 34.8 Å². The minimum Gasteiger partial charge on any atom is -0.347 e. The lowest BCUT2D eigenvalue weighted by molar-refractivity contribution is 0.0988. The molecule has 2 heterocycles. The van der Waals surface area contributed by atoms with Crippen molar-refractivity contribution in [3.8, 4) is 0 Å². The summed E-state index contributed by atoms with van der Waals surface area (Å²) >= 11 is 21.3. The second kappa shape index (κ2) is 5.81. The highest BCUT2D eigenvalue weighted by molar-refractivity contribution is 9.11. The van der Waals surface area contributed by atoms with Gasteiger partial charge in [-0.25, -0.2) is 0 Å². The van der Waals surface area contributed by atoms with Gasteiger partial charge in [-0.2, -0.15) is 0 Å². The molecular weight excluding hydrogens is 408 g/mol. The number of alkyl halides is 3. The molecule has 0 amide bonds. The summed E-state index contributed by atoms with van der Waals surface area (Å²) in [7, 11) is 1.62. The number of carbonyl (C=O) groups excluding carboxylic acids is 2. The number of nitrogens with zero attached hydrogens (tertiary/aromatic N) is 1. The van der Waals surface area contributed by atoms with Gasteiger partial charge in [0.1, 0.15) is 0 Å². The number of halogens is 4. The summed E-state index contributed by atoms with van der Waals surface area (Å²) in [5.41, 5.74) is 0.545. The highest BCUT2D eigenvalue weighted by atomic mass is 79.9. The second-order valence-corrected chi connectivity index (χ2v) is 8.73. The molecule has 0 atom stereocenters. The van der Waals surface area contributed by atoms with Crippen molar-refractivity contribution in [3.63, 3.8) is 0 Å². The van der Waals surface area contributed by atoms with Crippen LogP contribution in [0.5, 0.6) is 0 Å². The van der Waals surface area contributed by atoms with E-state index in [0.29, 0.717) is 10.4 Å². The van der Waals surface area contributed by atoms with Gasteiger partial charge in [-0.05, 0) is 34.1 Å². The average molecular weight is 416 g/mol. The van der Waals surface area contributed by atoms with E-state index in [9.17, 15) is 9.59 Å². The molecule has 2 aromatic heterocycles. The van der Waals surface area contributed by atoms with Crippen molar-refractivity contribution < 1.29 is 9.59 Å². The van der Waals surface area contributed by atoms with E-state index in [1.54, 1.807) is 25.4 Å². The molecule has 0 aliphatic heterocycles. The van der Waals surface area contributed by atoms with E-state index < -0.39 is 9.58 Å². The van der Waals surface area contributed by atoms with Crippen molar-refractivity contribution in [2.24, 2.45) is 7.05 Å². The smallest absolute Gasteiger partial charge is 0.255 e. The SMILES string of the molecule is Cn1cc(C(=O)c2ccc(Br)s2)cc1C(=O)C(Cl)(Cl)Cl. The van der Waals surface area contributed by atoms with Gasteiger partial charge in [0.25, 0.3) is 3.79 Å². The molecule has 0 saturated heterocycles. The Kier molecular flexibility index (Phi) is 4.66. The number of ketones is 2. The number of thiophene rings is 1. The topological polar surface area (TPSA) is 39.1 Å². The minimum absolute atomic E-state index is 0.170. The van der Waals surface area contributed by atoms with Crippen molar-refractivity contribution in [3.05, 3.63) is 44.3 Å². The summed E-state index contributed by atoms with van der Waals surface area (Å²) < 4.78 is 0.285. The first-order valence-electron chi connectivity index (χ1n) is 5.28. The lowest BCUT2D eigenvalue weighted by Crippen LogP contribution is -2.21. The maximum Gasteiger partial charge on any atom is 0.255 e. The number of hydrogen-bond acceptors (Lipinski definition) is 3. The van der Waals surface area contributed by atoms with E-state index in [2.05, 4.69) is 15.9 Å². The predicted molar refractivity (Wildman–Crippen MR) is 85.5 cm³/mol. The molecule has 0 radical (unpaired) electrons. The Balaban J connectivity index is 2.37. The van der Waals surface area contributed by atoms with E-state index in [4.69, 9.17) is 34.8 Å². The molecule has 0 unspecified atom stereocenters. The largest absolute Gasteiger partial charge is 0.347 e. The van der Waals surface area contributed by atoms with E-state index in [0.717, 1.165) is 3.79 Å². The van der Waals surface area contributed by atoms with Crippen molar-refractivity contribution >= 4 is 73.6 Å². The Bertz CT molecular complexity index is 687. The summed E-state index contributed by atoms with van der Waals surface area (Å²) in [5.74, 6) is -0.851. The summed E-state index contributed by atoms with van der Waals surface area (Å²) in [6.45, 7) is 0. The van der Waals surface area contributed by atoms with Crippen LogP contribution in [0.4, 0.5) is 0 Å². The van der Waals surface area contributed by atoms with Crippen LogP contribution in [0.3, 0.4) is 0 Å². The monoisotopic (exact) mass is 413 g/mol. The van der Waals surface area contributed by atoms with Gasteiger partial charge in [0.05, 0.1) is 14.4 Å². The highest BCUT2D eigenvalue weighted by Crippen LogP contribution is 2.31. The molecule has 3 nitrogen and oxygen atoms in total. The molecule has 0 aliphatic rings. The van der Waals surface area contributed by atoms with Gasteiger partial charge in [0, 0.05) is 18.8 Å². The lowest BCUT2D eigenvalue weighted by Gasteiger charge is -2.09. The minimum atomic E-state index is -2.04. The van der Waals surface area contributed by atoms with Crippen molar-refractivity contribution in [2.45, 2.75) is 3.79 Å². The normalized spacial score (nSPS) is 11.7. The van der Waals surface area contributed by atoms with Gasteiger partial charge >= 0.3 is 0 Å². The maximum atomic E-state index is 12.3. The molecule has 0 saturated carbocycles. The number of carbonyl (C=O) groups is 2. The molecule has 0 spiro atoms. The standard InChI is InChI=1S/C12H7BrCl3NO2S/c1-17-5-6(4-7(17)11(19)12(14,15)16)10(18)8-2-3-9(13)20-8/h2-5H,1H3. The molecule has 2 rings (SSSR count). The van der Waals surface area contributed by atoms with Crippen LogP contribution >= 0.6 is 62.1 Å². The first-order chi connectivity index (χ1) is 9.20. The molecule has 0 bridgehead atoms. The van der Waals surface area contributed by atoms with Gasteiger partial charge in [0.15, 0.2) is 0 Å². The van der Waals surface area contributed by atoms with Gasteiger partial charge < -0.3 is 4.57 Å². The van der Waals surface area contributed by atoms with Crippen LogP contribution in [0.1, 0.15) is 25.7 Å². The summed E-state index contributed by atoms with van der Waals surface area (Å²) in [5, 5.41) is 0.